The second-order valence-electron chi connectivity index (χ2n) is 8.05. The summed E-state index contributed by atoms with van der Waals surface area (Å²) in [7, 11) is 1.67. The van der Waals surface area contributed by atoms with E-state index < -0.39 is 0 Å². The van der Waals surface area contributed by atoms with Gasteiger partial charge in [0.25, 0.3) is 5.91 Å². The number of carbonyl (C=O) groups is 1. The highest BCUT2D eigenvalue weighted by Crippen LogP contribution is 2.32. The van der Waals surface area contributed by atoms with Crippen molar-refractivity contribution in [2.24, 2.45) is 0 Å². The number of benzene rings is 1. The van der Waals surface area contributed by atoms with Gasteiger partial charge in [-0.15, -0.1) is 0 Å². The summed E-state index contributed by atoms with van der Waals surface area (Å²) in [5.74, 6) is 2.12. The number of hydrogen-bond donors (Lipinski definition) is 1. The summed E-state index contributed by atoms with van der Waals surface area (Å²) in [4.78, 5) is 19.6. The average Bonchev–Trinajstić information content (AvgIpc) is 3.47. The monoisotopic (exact) mass is 422 g/mol. The molecule has 7 heteroatoms. The van der Waals surface area contributed by atoms with Gasteiger partial charge in [0.15, 0.2) is 0 Å². The fourth-order valence-electron chi connectivity index (χ4n) is 4.14. The van der Waals surface area contributed by atoms with Crippen LogP contribution >= 0.6 is 0 Å². The number of amides is 1. The molecule has 2 aromatic heterocycles. The standard InChI is InChI=1S/C24H30N4O3/c1-3-4-10-18-15-20(27-26-18)24(29)28-13-8-7-11-21(28)23-25-16-19(31-23)14-17-9-5-6-12-22(17)30-2/h5-6,9,12,15-16,21H,3-4,7-8,10-11,13-14H2,1-2H3,(H,26,27)/t21-/m0/s1. The highest BCUT2D eigenvalue weighted by molar-refractivity contribution is 5.92. The lowest BCUT2D eigenvalue weighted by atomic mass is 10.0. The molecule has 1 saturated heterocycles. The minimum absolute atomic E-state index is 0.0619. The number of aromatic nitrogens is 3. The molecule has 0 radical (unpaired) electrons. The van der Waals surface area contributed by atoms with E-state index in [2.05, 4.69) is 22.1 Å². The van der Waals surface area contributed by atoms with E-state index >= 15 is 0 Å². The van der Waals surface area contributed by atoms with Gasteiger partial charge < -0.3 is 14.1 Å². The molecule has 0 saturated carbocycles. The molecule has 1 fully saturated rings. The van der Waals surface area contributed by atoms with Gasteiger partial charge in [0.1, 0.15) is 23.2 Å². The Labute approximate surface area is 182 Å². The summed E-state index contributed by atoms with van der Waals surface area (Å²) in [5, 5.41) is 7.28. The van der Waals surface area contributed by atoms with E-state index in [1.54, 1.807) is 13.3 Å². The Kier molecular flexibility index (Phi) is 6.70. The lowest BCUT2D eigenvalue weighted by molar-refractivity contribution is 0.0564. The number of ether oxygens (including phenoxy) is 1. The number of nitrogens with zero attached hydrogens (tertiary/aromatic N) is 3. The number of carbonyl (C=O) groups excluding carboxylic acids is 1. The van der Waals surface area contributed by atoms with E-state index in [1.165, 1.54) is 0 Å². The molecule has 1 amide bonds. The van der Waals surface area contributed by atoms with Crippen LogP contribution in [-0.2, 0) is 12.8 Å². The van der Waals surface area contributed by atoms with Crippen LogP contribution in [0.1, 0.15) is 78.5 Å². The molecule has 3 aromatic rings. The molecule has 1 N–H and O–H groups in total. The van der Waals surface area contributed by atoms with Gasteiger partial charge >= 0.3 is 0 Å². The number of para-hydroxylation sites is 1. The van der Waals surface area contributed by atoms with Crippen molar-refractivity contribution in [1.29, 1.82) is 0 Å². The number of nitrogens with one attached hydrogen (secondary N) is 1. The van der Waals surface area contributed by atoms with Crippen molar-refractivity contribution in [3.63, 3.8) is 0 Å². The number of hydrogen-bond acceptors (Lipinski definition) is 5. The summed E-state index contributed by atoms with van der Waals surface area (Å²) in [6, 6.07) is 9.60. The predicted molar refractivity (Wildman–Crippen MR) is 117 cm³/mol. The van der Waals surface area contributed by atoms with Crippen LogP contribution in [0.3, 0.4) is 0 Å². The zero-order chi connectivity index (χ0) is 21.6. The molecule has 31 heavy (non-hydrogen) atoms. The Balaban J connectivity index is 1.50. The van der Waals surface area contributed by atoms with Gasteiger partial charge in [-0.25, -0.2) is 4.98 Å². The first-order valence-electron chi connectivity index (χ1n) is 11.1. The van der Waals surface area contributed by atoms with Crippen molar-refractivity contribution in [1.82, 2.24) is 20.1 Å². The molecular weight excluding hydrogens is 392 g/mol. The number of H-pyrrole nitrogens is 1. The third-order valence-electron chi connectivity index (χ3n) is 5.83. The molecule has 7 nitrogen and oxygen atoms in total. The quantitative estimate of drug-likeness (QED) is 0.568. The molecular formula is C24H30N4O3. The fourth-order valence-corrected chi connectivity index (χ4v) is 4.14. The zero-order valence-corrected chi connectivity index (χ0v) is 18.3. The Morgan fingerprint density at radius 2 is 2.19 bits per heavy atom. The van der Waals surface area contributed by atoms with Crippen molar-refractivity contribution in [3.8, 4) is 5.75 Å². The Hall–Kier alpha value is -3.09. The number of oxazole rings is 1. The molecule has 1 aliphatic rings. The van der Waals surface area contributed by atoms with Gasteiger partial charge in [0.2, 0.25) is 5.89 Å². The van der Waals surface area contributed by atoms with E-state index in [0.717, 1.165) is 61.3 Å². The number of likely N-dealkylation sites (tertiary alicyclic amines) is 1. The van der Waals surface area contributed by atoms with E-state index in [1.807, 2.05) is 35.2 Å². The minimum Gasteiger partial charge on any atom is -0.496 e. The average molecular weight is 423 g/mol. The van der Waals surface area contributed by atoms with Crippen molar-refractivity contribution >= 4 is 5.91 Å². The molecule has 0 unspecified atom stereocenters. The van der Waals surface area contributed by atoms with E-state index in [0.29, 0.717) is 24.6 Å². The molecule has 0 aliphatic carbocycles. The summed E-state index contributed by atoms with van der Waals surface area (Å²) in [6.07, 6.45) is 8.31. The number of methoxy groups -OCH3 is 1. The van der Waals surface area contributed by atoms with Gasteiger partial charge in [-0.3, -0.25) is 9.89 Å². The molecule has 1 atom stereocenters. The maximum atomic E-state index is 13.2. The first-order valence-corrected chi connectivity index (χ1v) is 11.1. The summed E-state index contributed by atoms with van der Waals surface area (Å²) >= 11 is 0. The SMILES string of the molecule is CCCCc1cc(C(=O)N2CCCC[C@H]2c2ncc(Cc3ccccc3OC)o2)n[nH]1. The highest BCUT2D eigenvalue weighted by Gasteiger charge is 2.33. The minimum atomic E-state index is -0.163. The van der Waals surface area contributed by atoms with Crippen molar-refractivity contribution in [3.05, 3.63) is 65.1 Å². The second kappa shape index (κ2) is 9.81. The molecule has 4 rings (SSSR count). The van der Waals surface area contributed by atoms with E-state index in [9.17, 15) is 4.79 Å². The third-order valence-corrected chi connectivity index (χ3v) is 5.83. The smallest absolute Gasteiger partial charge is 0.275 e. The largest absolute Gasteiger partial charge is 0.496 e. The van der Waals surface area contributed by atoms with Crippen LogP contribution in [0.4, 0.5) is 0 Å². The Bertz CT molecular complexity index is 1010. The fraction of sp³-hybridized carbons (Fsp3) is 0.458. The van der Waals surface area contributed by atoms with Gasteiger partial charge in [-0.05, 0) is 44.2 Å². The van der Waals surface area contributed by atoms with Gasteiger partial charge in [-0.1, -0.05) is 31.5 Å². The first kappa shape index (κ1) is 21.2. The predicted octanol–water partition coefficient (Wildman–Crippen LogP) is 4.71. The highest BCUT2D eigenvalue weighted by atomic mass is 16.5. The van der Waals surface area contributed by atoms with Crippen molar-refractivity contribution < 1.29 is 13.9 Å². The summed E-state index contributed by atoms with van der Waals surface area (Å²) < 4.78 is 11.6. The van der Waals surface area contributed by atoms with E-state index in [4.69, 9.17) is 9.15 Å². The number of unbranched alkanes of at least 4 members (excludes halogenated alkanes) is 1. The number of piperidine rings is 1. The normalized spacial score (nSPS) is 16.5. The molecule has 164 valence electrons. The lowest BCUT2D eigenvalue weighted by Crippen LogP contribution is -2.38. The topological polar surface area (TPSA) is 84.2 Å². The number of rotatable bonds is 8. The number of aryl methyl sites for hydroxylation is 1. The first-order chi connectivity index (χ1) is 15.2. The van der Waals surface area contributed by atoms with Crippen LogP contribution in [0, 0.1) is 0 Å². The second-order valence-corrected chi connectivity index (χ2v) is 8.05. The van der Waals surface area contributed by atoms with Gasteiger partial charge in [0, 0.05) is 24.2 Å². The third kappa shape index (κ3) is 4.81. The van der Waals surface area contributed by atoms with Gasteiger partial charge in [0.05, 0.1) is 13.3 Å². The maximum Gasteiger partial charge on any atom is 0.275 e. The van der Waals surface area contributed by atoms with Crippen LogP contribution in [0.5, 0.6) is 5.75 Å². The number of aromatic amines is 1. The molecule has 1 aromatic carbocycles. The Morgan fingerprint density at radius 1 is 1.32 bits per heavy atom. The lowest BCUT2D eigenvalue weighted by Gasteiger charge is -2.33. The van der Waals surface area contributed by atoms with Crippen LogP contribution in [0.2, 0.25) is 0 Å². The molecule has 0 spiro atoms. The van der Waals surface area contributed by atoms with Crippen LogP contribution < -0.4 is 4.74 Å². The summed E-state index contributed by atoms with van der Waals surface area (Å²) in [6.45, 7) is 2.84. The Morgan fingerprint density at radius 3 is 3.03 bits per heavy atom. The van der Waals surface area contributed by atoms with Crippen LogP contribution in [-0.4, -0.2) is 39.6 Å². The van der Waals surface area contributed by atoms with E-state index in [-0.39, 0.29) is 11.9 Å². The zero-order valence-electron chi connectivity index (χ0n) is 18.3. The maximum absolute atomic E-state index is 13.2. The molecule has 0 bridgehead atoms. The van der Waals surface area contributed by atoms with Crippen LogP contribution in [0.25, 0.3) is 0 Å². The van der Waals surface area contributed by atoms with Crippen molar-refractivity contribution in [2.45, 2.75) is 57.9 Å². The summed E-state index contributed by atoms with van der Waals surface area (Å²) in [5.41, 5.74) is 2.52. The molecule has 3 heterocycles. The van der Waals surface area contributed by atoms with Crippen molar-refractivity contribution in [2.75, 3.05) is 13.7 Å². The molecule has 1 aliphatic heterocycles. The van der Waals surface area contributed by atoms with Gasteiger partial charge in [-0.2, -0.15) is 5.10 Å². The van der Waals surface area contributed by atoms with Crippen LogP contribution in [0.15, 0.2) is 40.9 Å².